The van der Waals surface area contributed by atoms with Gasteiger partial charge in [0.05, 0.1) is 29.8 Å². The Labute approximate surface area is 119 Å². The molecule has 1 atom stereocenters. The van der Waals surface area contributed by atoms with Crippen LogP contribution in [0, 0.1) is 0 Å². The van der Waals surface area contributed by atoms with Gasteiger partial charge in [-0.15, -0.1) is 0 Å². The number of likely N-dealkylation sites (tertiary alicyclic amines) is 1. The molecule has 0 aliphatic carbocycles. The SMILES string of the molecule is CNc1cncc([C@@H]2CCCN2Cc2ccccn2)n1. The molecular weight excluding hydrogens is 250 g/mol. The van der Waals surface area contributed by atoms with Crippen LogP contribution in [0.15, 0.2) is 36.8 Å². The van der Waals surface area contributed by atoms with Crippen LogP contribution in [0.4, 0.5) is 5.82 Å². The molecule has 0 bridgehead atoms. The van der Waals surface area contributed by atoms with Gasteiger partial charge in [0.2, 0.25) is 0 Å². The van der Waals surface area contributed by atoms with Crippen LogP contribution in [0.2, 0.25) is 0 Å². The van der Waals surface area contributed by atoms with E-state index in [0.717, 1.165) is 36.7 Å². The molecule has 1 saturated heterocycles. The van der Waals surface area contributed by atoms with E-state index in [0.29, 0.717) is 6.04 Å². The van der Waals surface area contributed by atoms with Crippen LogP contribution in [0.5, 0.6) is 0 Å². The summed E-state index contributed by atoms with van der Waals surface area (Å²) in [5, 5.41) is 3.05. The van der Waals surface area contributed by atoms with E-state index >= 15 is 0 Å². The monoisotopic (exact) mass is 269 g/mol. The topological polar surface area (TPSA) is 53.9 Å². The van der Waals surface area contributed by atoms with E-state index in [-0.39, 0.29) is 0 Å². The minimum atomic E-state index is 0.345. The Morgan fingerprint density at radius 1 is 1.35 bits per heavy atom. The van der Waals surface area contributed by atoms with Crippen molar-refractivity contribution in [2.45, 2.75) is 25.4 Å². The highest BCUT2D eigenvalue weighted by atomic mass is 15.2. The van der Waals surface area contributed by atoms with Crippen molar-refractivity contribution in [1.82, 2.24) is 19.9 Å². The number of nitrogens with zero attached hydrogens (tertiary/aromatic N) is 4. The maximum absolute atomic E-state index is 4.63. The molecule has 5 heteroatoms. The van der Waals surface area contributed by atoms with E-state index in [4.69, 9.17) is 0 Å². The van der Waals surface area contributed by atoms with Crippen molar-refractivity contribution in [3.05, 3.63) is 48.2 Å². The largest absolute Gasteiger partial charge is 0.372 e. The number of aromatic nitrogens is 3. The van der Waals surface area contributed by atoms with Crippen LogP contribution in [-0.4, -0.2) is 33.4 Å². The van der Waals surface area contributed by atoms with E-state index in [1.165, 1.54) is 6.42 Å². The lowest BCUT2D eigenvalue weighted by Gasteiger charge is -2.23. The minimum absolute atomic E-state index is 0.345. The molecule has 3 heterocycles. The quantitative estimate of drug-likeness (QED) is 0.922. The highest BCUT2D eigenvalue weighted by Crippen LogP contribution is 2.31. The minimum Gasteiger partial charge on any atom is -0.372 e. The van der Waals surface area contributed by atoms with Crippen LogP contribution >= 0.6 is 0 Å². The molecule has 0 radical (unpaired) electrons. The molecule has 3 rings (SSSR count). The zero-order valence-corrected chi connectivity index (χ0v) is 11.7. The normalized spacial score (nSPS) is 19.1. The summed E-state index contributed by atoms with van der Waals surface area (Å²) in [5.41, 5.74) is 2.16. The molecule has 104 valence electrons. The van der Waals surface area contributed by atoms with E-state index in [1.807, 2.05) is 31.6 Å². The zero-order valence-electron chi connectivity index (χ0n) is 11.7. The van der Waals surface area contributed by atoms with Crippen LogP contribution < -0.4 is 5.32 Å². The van der Waals surface area contributed by atoms with Gasteiger partial charge in [-0.3, -0.25) is 14.9 Å². The Bertz CT molecular complexity index is 557. The van der Waals surface area contributed by atoms with Crippen molar-refractivity contribution in [3.63, 3.8) is 0 Å². The van der Waals surface area contributed by atoms with Crippen LogP contribution in [0.1, 0.15) is 30.3 Å². The van der Waals surface area contributed by atoms with Gasteiger partial charge in [0.25, 0.3) is 0 Å². The summed E-state index contributed by atoms with van der Waals surface area (Å²) in [7, 11) is 1.87. The first-order valence-corrected chi connectivity index (χ1v) is 7.00. The number of rotatable bonds is 4. The molecule has 0 unspecified atom stereocenters. The van der Waals surface area contributed by atoms with E-state index < -0.39 is 0 Å². The average molecular weight is 269 g/mol. The molecule has 1 N–H and O–H groups in total. The molecule has 0 amide bonds. The fraction of sp³-hybridized carbons (Fsp3) is 0.400. The van der Waals surface area contributed by atoms with E-state index in [1.54, 1.807) is 6.20 Å². The summed E-state index contributed by atoms with van der Waals surface area (Å²) in [4.78, 5) is 15.8. The van der Waals surface area contributed by atoms with Crippen molar-refractivity contribution in [3.8, 4) is 0 Å². The Balaban J connectivity index is 1.78. The maximum Gasteiger partial charge on any atom is 0.144 e. The first kappa shape index (κ1) is 13.0. The van der Waals surface area contributed by atoms with Gasteiger partial charge < -0.3 is 5.32 Å². The summed E-state index contributed by atoms with van der Waals surface area (Å²) in [5.74, 6) is 0.826. The lowest BCUT2D eigenvalue weighted by atomic mass is 10.1. The summed E-state index contributed by atoms with van der Waals surface area (Å²) >= 11 is 0. The molecule has 2 aromatic heterocycles. The summed E-state index contributed by atoms with van der Waals surface area (Å²) in [6.07, 6.45) is 7.81. The molecule has 0 aromatic carbocycles. The van der Waals surface area contributed by atoms with Gasteiger partial charge in [-0.25, -0.2) is 4.98 Å². The van der Waals surface area contributed by atoms with Gasteiger partial charge in [0, 0.05) is 19.8 Å². The number of hydrogen-bond donors (Lipinski definition) is 1. The van der Waals surface area contributed by atoms with E-state index in [9.17, 15) is 0 Å². The highest BCUT2D eigenvalue weighted by molar-refractivity contribution is 5.31. The Kier molecular flexibility index (Phi) is 3.87. The lowest BCUT2D eigenvalue weighted by molar-refractivity contribution is 0.241. The predicted octanol–water partition coefficient (Wildman–Crippen LogP) is 2.25. The maximum atomic E-state index is 4.63. The predicted molar refractivity (Wildman–Crippen MR) is 78.2 cm³/mol. The number of nitrogens with one attached hydrogen (secondary N) is 1. The standard InChI is InChI=1S/C15H19N5/c1-16-15-10-17-9-13(19-15)14-6-4-8-20(14)11-12-5-2-3-7-18-12/h2-3,5,7,9-10,14H,4,6,8,11H2,1H3,(H,16,19)/t14-/m0/s1. The van der Waals surface area contributed by atoms with Crippen LogP contribution in [0.25, 0.3) is 0 Å². The number of hydrogen-bond acceptors (Lipinski definition) is 5. The highest BCUT2D eigenvalue weighted by Gasteiger charge is 2.27. The van der Waals surface area contributed by atoms with Crippen LogP contribution in [0.3, 0.4) is 0 Å². The smallest absolute Gasteiger partial charge is 0.144 e. The van der Waals surface area contributed by atoms with Gasteiger partial charge in [0.1, 0.15) is 5.82 Å². The fourth-order valence-electron chi connectivity index (χ4n) is 2.71. The second kappa shape index (κ2) is 5.96. The first-order valence-electron chi connectivity index (χ1n) is 7.00. The van der Waals surface area contributed by atoms with Gasteiger partial charge in [-0.05, 0) is 31.5 Å². The van der Waals surface area contributed by atoms with Gasteiger partial charge in [-0.1, -0.05) is 6.07 Å². The van der Waals surface area contributed by atoms with Crippen molar-refractivity contribution in [2.24, 2.45) is 0 Å². The molecule has 1 aliphatic heterocycles. The van der Waals surface area contributed by atoms with Gasteiger partial charge >= 0.3 is 0 Å². The molecule has 0 saturated carbocycles. The van der Waals surface area contributed by atoms with Crippen molar-refractivity contribution < 1.29 is 0 Å². The molecule has 1 fully saturated rings. The van der Waals surface area contributed by atoms with Crippen LogP contribution in [-0.2, 0) is 6.54 Å². The first-order chi connectivity index (χ1) is 9.86. The number of anilines is 1. The third-order valence-corrected chi connectivity index (χ3v) is 3.71. The fourth-order valence-corrected chi connectivity index (χ4v) is 2.71. The van der Waals surface area contributed by atoms with Gasteiger partial charge in [0.15, 0.2) is 0 Å². The molecule has 20 heavy (non-hydrogen) atoms. The zero-order chi connectivity index (χ0) is 13.8. The molecular formula is C15H19N5. The van der Waals surface area contributed by atoms with Gasteiger partial charge in [-0.2, -0.15) is 0 Å². The summed E-state index contributed by atoms with van der Waals surface area (Å²) in [6, 6.07) is 6.41. The lowest BCUT2D eigenvalue weighted by Crippen LogP contribution is -2.24. The van der Waals surface area contributed by atoms with Crippen molar-refractivity contribution >= 4 is 5.82 Å². The average Bonchev–Trinajstić information content (AvgIpc) is 2.96. The number of pyridine rings is 1. The Morgan fingerprint density at radius 3 is 3.10 bits per heavy atom. The van der Waals surface area contributed by atoms with E-state index in [2.05, 4.69) is 31.2 Å². The third-order valence-electron chi connectivity index (χ3n) is 3.71. The second-order valence-electron chi connectivity index (χ2n) is 5.03. The van der Waals surface area contributed by atoms with Crippen molar-refractivity contribution in [1.29, 1.82) is 0 Å². The summed E-state index contributed by atoms with van der Waals surface area (Å²) < 4.78 is 0. The molecule has 1 aliphatic rings. The third kappa shape index (κ3) is 2.77. The van der Waals surface area contributed by atoms with Crippen molar-refractivity contribution in [2.75, 3.05) is 18.9 Å². The molecule has 0 spiro atoms. The Hall–Kier alpha value is -2.01. The summed E-state index contributed by atoms with van der Waals surface area (Å²) in [6.45, 7) is 1.96. The molecule has 5 nitrogen and oxygen atoms in total. The second-order valence-corrected chi connectivity index (χ2v) is 5.03. The Morgan fingerprint density at radius 2 is 2.30 bits per heavy atom. The molecule has 2 aromatic rings.